The second-order valence-electron chi connectivity index (χ2n) is 6.22. The average molecular weight is 378 g/mol. The van der Waals surface area contributed by atoms with Crippen molar-refractivity contribution in [1.82, 2.24) is 20.4 Å². The molecule has 2 heterocycles. The molecule has 7 nitrogen and oxygen atoms in total. The van der Waals surface area contributed by atoms with Gasteiger partial charge in [-0.3, -0.25) is 14.5 Å². The zero-order chi connectivity index (χ0) is 18.5. The van der Waals surface area contributed by atoms with E-state index in [0.29, 0.717) is 24.5 Å². The van der Waals surface area contributed by atoms with Gasteiger partial charge in [-0.05, 0) is 37.1 Å². The lowest BCUT2D eigenvalue weighted by Gasteiger charge is -2.29. The molecule has 1 aliphatic rings. The Bertz CT molecular complexity index is 781. The molecule has 1 fully saturated rings. The van der Waals surface area contributed by atoms with Gasteiger partial charge in [0, 0.05) is 13.1 Å². The van der Waals surface area contributed by atoms with Gasteiger partial charge in [0.05, 0.1) is 12.5 Å². The number of benzene rings is 1. The van der Waals surface area contributed by atoms with Gasteiger partial charge in [0.1, 0.15) is 10.8 Å². The third-order valence-corrected chi connectivity index (χ3v) is 5.15. The van der Waals surface area contributed by atoms with E-state index in [2.05, 4.69) is 15.5 Å². The Hall–Kier alpha value is -2.39. The van der Waals surface area contributed by atoms with Gasteiger partial charge >= 0.3 is 5.97 Å². The molecule has 1 unspecified atom stereocenters. The van der Waals surface area contributed by atoms with Gasteiger partial charge in [-0.25, -0.2) is 4.39 Å². The number of nitrogens with zero attached hydrogens (tertiary/aromatic N) is 3. The van der Waals surface area contributed by atoms with Crippen molar-refractivity contribution in [3.63, 3.8) is 0 Å². The maximum atomic E-state index is 12.9. The van der Waals surface area contributed by atoms with E-state index in [1.165, 1.54) is 23.5 Å². The molecule has 1 aromatic carbocycles. The molecule has 1 aromatic heterocycles. The Labute approximate surface area is 153 Å². The van der Waals surface area contributed by atoms with E-state index in [1.807, 2.05) is 4.90 Å². The van der Waals surface area contributed by atoms with Crippen LogP contribution in [0.15, 0.2) is 24.3 Å². The second-order valence-corrected chi connectivity index (χ2v) is 7.28. The van der Waals surface area contributed by atoms with Crippen LogP contribution in [0.5, 0.6) is 0 Å². The number of carbonyl (C=O) groups is 2. The van der Waals surface area contributed by atoms with Crippen LogP contribution in [0, 0.1) is 11.7 Å². The van der Waals surface area contributed by atoms with E-state index >= 15 is 0 Å². The van der Waals surface area contributed by atoms with Crippen molar-refractivity contribution in [1.29, 1.82) is 0 Å². The summed E-state index contributed by atoms with van der Waals surface area (Å²) in [7, 11) is 0. The van der Waals surface area contributed by atoms with Gasteiger partial charge in [0.25, 0.3) is 5.91 Å². The monoisotopic (exact) mass is 378 g/mol. The Morgan fingerprint density at radius 1 is 1.31 bits per heavy atom. The quantitative estimate of drug-likeness (QED) is 0.797. The maximum absolute atomic E-state index is 12.9. The first-order valence-electron chi connectivity index (χ1n) is 8.31. The smallest absolute Gasteiger partial charge is 0.307 e. The highest BCUT2D eigenvalue weighted by Crippen LogP contribution is 2.20. The van der Waals surface area contributed by atoms with Gasteiger partial charge in [-0.15, -0.1) is 10.2 Å². The number of aliphatic carboxylic acids is 1. The number of nitrogens with one attached hydrogen (secondary N) is 1. The first kappa shape index (κ1) is 18.4. The van der Waals surface area contributed by atoms with Crippen molar-refractivity contribution in [2.45, 2.75) is 25.9 Å². The molecule has 0 saturated carbocycles. The van der Waals surface area contributed by atoms with E-state index in [1.54, 1.807) is 12.1 Å². The van der Waals surface area contributed by atoms with Crippen molar-refractivity contribution in [2.75, 3.05) is 13.1 Å². The summed E-state index contributed by atoms with van der Waals surface area (Å²) in [5.41, 5.74) is 0.789. The number of hydrogen-bond donors (Lipinski definition) is 2. The Morgan fingerprint density at radius 2 is 2.08 bits per heavy atom. The summed E-state index contributed by atoms with van der Waals surface area (Å²) in [6.45, 7) is 2.07. The number of carboxylic acid groups (broad SMARTS) is 1. The van der Waals surface area contributed by atoms with Gasteiger partial charge in [0.2, 0.25) is 5.01 Å². The van der Waals surface area contributed by atoms with Gasteiger partial charge in [-0.2, -0.15) is 0 Å². The maximum Gasteiger partial charge on any atom is 0.307 e. The number of carbonyl (C=O) groups excluding carboxylic acids is 1. The number of piperidine rings is 1. The lowest BCUT2D eigenvalue weighted by molar-refractivity contribution is -0.143. The molecule has 0 radical (unpaired) electrons. The molecule has 9 heteroatoms. The highest BCUT2D eigenvalue weighted by molar-refractivity contribution is 7.13. The topological polar surface area (TPSA) is 95.4 Å². The first-order valence-corrected chi connectivity index (χ1v) is 9.13. The average Bonchev–Trinajstić information content (AvgIpc) is 3.10. The van der Waals surface area contributed by atoms with Crippen molar-refractivity contribution < 1.29 is 19.1 Å². The number of hydrogen-bond acceptors (Lipinski definition) is 6. The van der Waals surface area contributed by atoms with Crippen molar-refractivity contribution in [2.24, 2.45) is 5.92 Å². The van der Waals surface area contributed by atoms with Crippen molar-refractivity contribution in [3.8, 4) is 0 Å². The molecule has 0 spiro atoms. The van der Waals surface area contributed by atoms with Crippen LogP contribution in [0.25, 0.3) is 0 Å². The van der Waals surface area contributed by atoms with Crippen LogP contribution >= 0.6 is 11.3 Å². The van der Waals surface area contributed by atoms with Gasteiger partial charge < -0.3 is 10.4 Å². The number of carboxylic acids is 1. The van der Waals surface area contributed by atoms with Crippen LogP contribution in [-0.2, 0) is 17.9 Å². The van der Waals surface area contributed by atoms with Gasteiger partial charge in [-0.1, -0.05) is 23.5 Å². The van der Waals surface area contributed by atoms with Crippen LogP contribution in [0.4, 0.5) is 4.39 Å². The Morgan fingerprint density at radius 3 is 2.81 bits per heavy atom. The predicted molar refractivity (Wildman–Crippen MR) is 93.1 cm³/mol. The lowest BCUT2D eigenvalue weighted by Crippen LogP contribution is -2.38. The largest absolute Gasteiger partial charge is 0.481 e. The molecule has 1 saturated heterocycles. The molecule has 2 N–H and O–H groups in total. The van der Waals surface area contributed by atoms with Crippen LogP contribution in [0.1, 0.15) is 33.2 Å². The number of amides is 1. The highest BCUT2D eigenvalue weighted by atomic mass is 32.1. The molecule has 1 aliphatic heterocycles. The fourth-order valence-electron chi connectivity index (χ4n) is 2.86. The lowest BCUT2D eigenvalue weighted by atomic mass is 9.98. The summed E-state index contributed by atoms with van der Waals surface area (Å²) in [5.74, 6) is -1.78. The summed E-state index contributed by atoms with van der Waals surface area (Å²) < 4.78 is 12.9. The molecule has 1 amide bonds. The molecule has 0 bridgehead atoms. The molecule has 138 valence electrons. The molecule has 1 atom stereocenters. The zero-order valence-corrected chi connectivity index (χ0v) is 14.8. The molecule has 3 rings (SSSR count). The third-order valence-electron chi connectivity index (χ3n) is 4.24. The standard InChI is InChI=1S/C17H19FN4O3S/c18-13-5-3-11(4-6-13)8-19-15(23)16-21-20-14(26-16)10-22-7-1-2-12(9-22)17(24)25/h3-6,12H,1-2,7-10H2,(H,19,23)(H,24,25). The predicted octanol–water partition coefficient (Wildman–Crippen LogP) is 1.90. The van der Waals surface area contributed by atoms with Crippen molar-refractivity contribution >= 4 is 23.2 Å². The zero-order valence-electron chi connectivity index (χ0n) is 14.0. The molecule has 2 aromatic rings. The van der Waals surface area contributed by atoms with E-state index < -0.39 is 5.97 Å². The Kier molecular flexibility index (Phi) is 5.89. The number of aromatic nitrogens is 2. The van der Waals surface area contributed by atoms with E-state index in [4.69, 9.17) is 5.11 Å². The summed E-state index contributed by atoms with van der Waals surface area (Å²) in [5, 5.41) is 20.8. The summed E-state index contributed by atoms with van der Waals surface area (Å²) in [6, 6.07) is 5.90. The fraction of sp³-hybridized carbons (Fsp3) is 0.412. The van der Waals surface area contributed by atoms with Gasteiger partial charge in [0.15, 0.2) is 0 Å². The number of rotatable bonds is 6. The van der Waals surface area contributed by atoms with Crippen LogP contribution < -0.4 is 5.32 Å². The summed E-state index contributed by atoms with van der Waals surface area (Å²) >= 11 is 1.20. The SMILES string of the molecule is O=C(NCc1ccc(F)cc1)c1nnc(CN2CCCC(C(=O)O)C2)s1. The minimum atomic E-state index is -0.771. The van der Waals surface area contributed by atoms with Crippen LogP contribution in [-0.4, -0.2) is 45.2 Å². The highest BCUT2D eigenvalue weighted by Gasteiger charge is 2.26. The Balaban J connectivity index is 1.52. The normalized spacial score (nSPS) is 17.8. The third kappa shape index (κ3) is 4.83. The van der Waals surface area contributed by atoms with Crippen LogP contribution in [0.3, 0.4) is 0 Å². The van der Waals surface area contributed by atoms with E-state index in [-0.39, 0.29) is 29.2 Å². The molecule has 0 aliphatic carbocycles. The van der Waals surface area contributed by atoms with E-state index in [0.717, 1.165) is 18.5 Å². The second kappa shape index (κ2) is 8.33. The summed E-state index contributed by atoms with van der Waals surface area (Å²) in [4.78, 5) is 25.3. The molecular weight excluding hydrogens is 359 g/mol. The van der Waals surface area contributed by atoms with E-state index in [9.17, 15) is 14.0 Å². The number of halogens is 1. The van der Waals surface area contributed by atoms with Crippen molar-refractivity contribution in [3.05, 3.63) is 45.7 Å². The van der Waals surface area contributed by atoms with Crippen LogP contribution in [0.2, 0.25) is 0 Å². The fourth-order valence-corrected chi connectivity index (χ4v) is 3.66. The number of likely N-dealkylation sites (tertiary alicyclic amines) is 1. The molecular formula is C17H19FN4O3S. The summed E-state index contributed by atoms with van der Waals surface area (Å²) in [6.07, 6.45) is 1.53. The molecule has 26 heavy (non-hydrogen) atoms. The minimum absolute atomic E-state index is 0.258. The minimum Gasteiger partial charge on any atom is -0.481 e. The first-order chi connectivity index (χ1) is 12.5.